The third kappa shape index (κ3) is 2.46. The van der Waals surface area contributed by atoms with Crippen LogP contribution in [0.5, 0.6) is 0 Å². The summed E-state index contributed by atoms with van der Waals surface area (Å²) in [5.74, 6) is 0.953. The molecule has 66 valence electrons. The van der Waals surface area contributed by atoms with Crippen LogP contribution in [0.25, 0.3) is 0 Å². The molecule has 0 aromatic rings. The van der Waals surface area contributed by atoms with Gasteiger partial charge in [-0.25, -0.2) is 0 Å². The highest BCUT2D eigenvalue weighted by Crippen LogP contribution is 2.21. The maximum atomic E-state index is 9.72. The van der Waals surface area contributed by atoms with Crippen molar-refractivity contribution < 1.29 is 5.11 Å². The molecule has 1 heterocycles. The van der Waals surface area contributed by atoms with Gasteiger partial charge in [0.05, 0.1) is 6.10 Å². The highest BCUT2D eigenvalue weighted by Gasteiger charge is 2.23. The van der Waals surface area contributed by atoms with Gasteiger partial charge in [0.25, 0.3) is 0 Å². The second-order valence-corrected chi connectivity index (χ2v) is 3.82. The predicted molar refractivity (Wildman–Crippen MR) is 46.4 cm³/mol. The summed E-state index contributed by atoms with van der Waals surface area (Å²) in [6.45, 7) is 6.34. The smallest absolute Gasteiger partial charge is 0.0592 e. The zero-order valence-electron chi connectivity index (χ0n) is 7.51. The molecule has 1 saturated heterocycles. The highest BCUT2D eigenvalue weighted by atomic mass is 16.3. The van der Waals surface area contributed by atoms with E-state index in [1.165, 1.54) is 0 Å². The van der Waals surface area contributed by atoms with Crippen molar-refractivity contribution in [1.29, 1.82) is 0 Å². The molecule has 0 spiro atoms. The van der Waals surface area contributed by atoms with Gasteiger partial charge in [0.1, 0.15) is 0 Å². The number of rotatable bonds is 2. The van der Waals surface area contributed by atoms with Gasteiger partial charge in [0, 0.05) is 0 Å². The van der Waals surface area contributed by atoms with E-state index in [4.69, 9.17) is 0 Å². The quantitative estimate of drug-likeness (QED) is 0.627. The number of piperidine rings is 1. The summed E-state index contributed by atoms with van der Waals surface area (Å²) in [5, 5.41) is 13.0. The Morgan fingerprint density at radius 3 is 2.27 bits per heavy atom. The Morgan fingerprint density at radius 2 is 1.82 bits per heavy atom. The lowest BCUT2D eigenvalue weighted by Gasteiger charge is -2.29. The average molecular weight is 157 g/mol. The second-order valence-electron chi connectivity index (χ2n) is 3.82. The van der Waals surface area contributed by atoms with Crippen molar-refractivity contribution in [3.05, 3.63) is 0 Å². The van der Waals surface area contributed by atoms with E-state index in [9.17, 15) is 5.11 Å². The van der Waals surface area contributed by atoms with Crippen molar-refractivity contribution in [2.24, 2.45) is 11.8 Å². The van der Waals surface area contributed by atoms with E-state index in [0.717, 1.165) is 25.9 Å². The Labute approximate surface area is 69.0 Å². The number of hydrogen-bond acceptors (Lipinski definition) is 2. The van der Waals surface area contributed by atoms with E-state index in [-0.39, 0.29) is 6.10 Å². The van der Waals surface area contributed by atoms with E-state index in [0.29, 0.717) is 11.8 Å². The van der Waals surface area contributed by atoms with Gasteiger partial charge in [0.15, 0.2) is 0 Å². The van der Waals surface area contributed by atoms with Crippen LogP contribution in [0.1, 0.15) is 26.7 Å². The van der Waals surface area contributed by atoms with Crippen molar-refractivity contribution in [1.82, 2.24) is 5.32 Å². The largest absolute Gasteiger partial charge is 0.393 e. The zero-order valence-corrected chi connectivity index (χ0v) is 7.51. The molecule has 0 aliphatic carbocycles. The molecule has 0 bridgehead atoms. The molecule has 1 unspecified atom stereocenters. The molecule has 2 N–H and O–H groups in total. The van der Waals surface area contributed by atoms with Crippen LogP contribution in [0.15, 0.2) is 0 Å². The van der Waals surface area contributed by atoms with Gasteiger partial charge in [-0.1, -0.05) is 13.8 Å². The van der Waals surface area contributed by atoms with E-state index >= 15 is 0 Å². The SMILES string of the molecule is CC(C)C(O)C1CCNCC1. The minimum Gasteiger partial charge on any atom is -0.393 e. The molecule has 1 rings (SSSR count). The van der Waals surface area contributed by atoms with Crippen LogP contribution >= 0.6 is 0 Å². The molecule has 1 fully saturated rings. The van der Waals surface area contributed by atoms with E-state index in [1.54, 1.807) is 0 Å². The first kappa shape index (κ1) is 9.01. The molecule has 0 amide bonds. The number of aliphatic hydroxyl groups is 1. The van der Waals surface area contributed by atoms with Gasteiger partial charge in [-0.05, 0) is 37.8 Å². The number of hydrogen-bond donors (Lipinski definition) is 2. The molecular formula is C9H19NO. The zero-order chi connectivity index (χ0) is 8.27. The molecular weight excluding hydrogens is 138 g/mol. The fraction of sp³-hybridized carbons (Fsp3) is 1.00. The molecule has 0 radical (unpaired) electrons. The Morgan fingerprint density at radius 1 is 1.27 bits per heavy atom. The summed E-state index contributed by atoms with van der Waals surface area (Å²) in [7, 11) is 0. The van der Waals surface area contributed by atoms with E-state index in [2.05, 4.69) is 19.2 Å². The lowest BCUT2D eigenvalue weighted by atomic mass is 9.86. The fourth-order valence-corrected chi connectivity index (χ4v) is 1.73. The lowest BCUT2D eigenvalue weighted by molar-refractivity contribution is 0.0496. The van der Waals surface area contributed by atoms with Gasteiger partial charge in [-0.15, -0.1) is 0 Å². The second kappa shape index (κ2) is 4.07. The molecule has 1 atom stereocenters. The third-order valence-corrected chi connectivity index (χ3v) is 2.55. The molecule has 0 aromatic heterocycles. The van der Waals surface area contributed by atoms with Crippen molar-refractivity contribution in [2.75, 3.05) is 13.1 Å². The van der Waals surface area contributed by atoms with Gasteiger partial charge in [-0.3, -0.25) is 0 Å². The summed E-state index contributed by atoms with van der Waals surface area (Å²) in [5.41, 5.74) is 0. The van der Waals surface area contributed by atoms with Gasteiger partial charge >= 0.3 is 0 Å². The highest BCUT2D eigenvalue weighted by molar-refractivity contribution is 4.76. The monoisotopic (exact) mass is 157 g/mol. The molecule has 2 nitrogen and oxygen atoms in total. The average Bonchev–Trinajstić information content (AvgIpc) is 2.05. The van der Waals surface area contributed by atoms with Crippen LogP contribution in [0, 0.1) is 11.8 Å². The minimum absolute atomic E-state index is 0.0860. The van der Waals surface area contributed by atoms with Gasteiger partial charge in [-0.2, -0.15) is 0 Å². The summed E-state index contributed by atoms with van der Waals surface area (Å²) in [4.78, 5) is 0. The first-order valence-corrected chi connectivity index (χ1v) is 4.60. The van der Waals surface area contributed by atoms with Crippen LogP contribution in [0.4, 0.5) is 0 Å². The van der Waals surface area contributed by atoms with Crippen molar-refractivity contribution >= 4 is 0 Å². The Hall–Kier alpha value is -0.0800. The minimum atomic E-state index is -0.0860. The Balaban J connectivity index is 2.32. The van der Waals surface area contributed by atoms with Crippen molar-refractivity contribution in [2.45, 2.75) is 32.8 Å². The standard InChI is InChI=1S/C9H19NO/c1-7(2)9(11)8-3-5-10-6-4-8/h7-11H,3-6H2,1-2H3. The predicted octanol–water partition coefficient (Wildman–Crippen LogP) is 1.00. The Bertz CT molecular complexity index is 108. The lowest BCUT2D eigenvalue weighted by Crippen LogP contribution is -2.36. The third-order valence-electron chi connectivity index (χ3n) is 2.55. The fourth-order valence-electron chi connectivity index (χ4n) is 1.73. The van der Waals surface area contributed by atoms with Crippen molar-refractivity contribution in [3.63, 3.8) is 0 Å². The first-order chi connectivity index (χ1) is 5.22. The van der Waals surface area contributed by atoms with Crippen LogP contribution < -0.4 is 5.32 Å². The molecule has 1 aliphatic heterocycles. The topological polar surface area (TPSA) is 32.3 Å². The van der Waals surface area contributed by atoms with E-state index < -0.39 is 0 Å². The number of nitrogens with one attached hydrogen (secondary N) is 1. The van der Waals surface area contributed by atoms with Crippen LogP contribution in [0.2, 0.25) is 0 Å². The maximum Gasteiger partial charge on any atom is 0.0592 e. The summed E-state index contributed by atoms with van der Waals surface area (Å²) in [6, 6.07) is 0. The van der Waals surface area contributed by atoms with Crippen molar-refractivity contribution in [3.8, 4) is 0 Å². The summed E-state index contributed by atoms with van der Waals surface area (Å²) >= 11 is 0. The van der Waals surface area contributed by atoms with Crippen LogP contribution in [-0.4, -0.2) is 24.3 Å². The van der Waals surface area contributed by atoms with Gasteiger partial charge < -0.3 is 10.4 Å². The van der Waals surface area contributed by atoms with Gasteiger partial charge in [0.2, 0.25) is 0 Å². The van der Waals surface area contributed by atoms with Crippen LogP contribution in [0.3, 0.4) is 0 Å². The van der Waals surface area contributed by atoms with E-state index in [1.807, 2.05) is 0 Å². The van der Waals surface area contributed by atoms with Crippen LogP contribution in [-0.2, 0) is 0 Å². The maximum absolute atomic E-state index is 9.72. The first-order valence-electron chi connectivity index (χ1n) is 4.60. The summed E-state index contributed by atoms with van der Waals surface area (Å²) in [6.07, 6.45) is 2.19. The molecule has 1 aliphatic rings. The molecule has 0 saturated carbocycles. The molecule has 11 heavy (non-hydrogen) atoms. The number of aliphatic hydroxyl groups excluding tert-OH is 1. The summed E-state index contributed by atoms with van der Waals surface area (Å²) < 4.78 is 0. The normalized spacial score (nSPS) is 24.0. The molecule has 0 aromatic carbocycles. The molecule has 2 heteroatoms. The Kier molecular flexibility index (Phi) is 3.34.